The molecular formula is C17H16F3N5OS. The lowest BCUT2D eigenvalue weighted by atomic mass is 10.2. The van der Waals surface area contributed by atoms with E-state index in [1.54, 1.807) is 24.3 Å². The van der Waals surface area contributed by atoms with Crippen LogP contribution in [0.3, 0.4) is 0 Å². The van der Waals surface area contributed by atoms with Gasteiger partial charge >= 0.3 is 6.18 Å². The van der Waals surface area contributed by atoms with Gasteiger partial charge in [-0.3, -0.25) is 9.79 Å². The Bertz CT molecular complexity index is 870. The van der Waals surface area contributed by atoms with Crippen LogP contribution < -0.4 is 16.0 Å². The van der Waals surface area contributed by atoms with Crippen LogP contribution in [0.5, 0.6) is 0 Å². The standard InChI is InChI=1S/C17H16F3N5OS/c1-3-11-5-4-6-12(7-11)24-14(26)8-22-16(21-2)23-9-15-25-13(10-27-15)17(18,19)20/h1,4-7,10H,8-9H2,2H3,(H,24,26)(H2,21,22,23). The predicted octanol–water partition coefficient (Wildman–Crippen LogP) is 2.45. The Morgan fingerprint density at radius 1 is 1.37 bits per heavy atom. The maximum absolute atomic E-state index is 12.5. The zero-order valence-electron chi connectivity index (χ0n) is 14.2. The van der Waals surface area contributed by atoms with E-state index in [9.17, 15) is 18.0 Å². The molecule has 0 spiro atoms. The van der Waals surface area contributed by atoms with Crippen LogP contribution in [0.2, 0.25) is 0 Å². The van der Waals surface area contributed by atoms with Crippen molar-refractivity contribution in [3.8, 4) is 12.3 Å². The van der Waals surface area contributed by atoms with E-state index in [0.29, 0.717) is 11.3 Å². The Kier molecular flexibility index (Phi) is 6.79. The first-order chi connectivity index (χ1) is 12.8. The number of nitrogens with zero attached hydrogens (tertiary/aromatic N) is 2. The van der Waals surface area contributed by atoms with Crippen molar-refractivity contribution in [1.82, 2.24) is 15.6 Å². The topological polar surface area (TPSA) is 78.4 Å². The molecule has 142 valence electrons. The van der Waals surface area contributed by atoms with Crippen molar-refractivity contribution in [3.63, 3.8) is 0 Å². The molecule has 0 saturated heterocycles. The van der Waals surface area contributed by atoms with Crippen molar-refractivity contribution in [2.75, 3.05) is 18.9 Å². The van der Waals surface area contributed by atoms with Crippen LogP contribution in [0.15, 0.2) is 34.6 Å². The highest BCUT2D eigenvalue weighted by atomic mass is 32.1. The van der Waals surface area contributed by atoms with Gasteiger partial charge in [-0.2, -0.15) is 13.2 Å². The number of benzene rings is 1. The number of guanidine groups is 1. The third-order valence-electron chi connectivity index (χ3n) is 3.20. The number of carbonyl (C=O) groups excluding carboxylic acids is 1. The fourth-order valence-corrected chi connectivity index (χ4v) is 2.70. The van der Waals surface area contributed by atoms with Gasteiger partial charge in [-0.15, -0.1) is 17.8 Å². The molecule has 0 aliphatic rings. The number of terminal acetylenes is 1. The number of anilines is 1. The number of thiazole rings is 1. The van der Waals surface area contributed by atoms with Crippen molar-refractivity contribution >= 4 is 28.9 Å². The molecular weight excluding hydrogens is 379 g/mol. The fourth-order valence-electron chi connectivity index (χ4n) is 1.96. The molecule has 1 aromatic heterocycles. The van der Waals surface area contributed by atoms with Gasteiger partial charge in [0, 0.05) is 23.7 Å². The quantitative estimate of drug-likeness (QED) is 0.413. The summed E-state index contributed by atoms with van der Waals surface area (Å²) in [5.41, 5.74) is 0.267. The molecule has 0 saturated carbocycles. The van der Waals surface area contributed by atoms with Crippen molar-refractivity contribution in [2.45, 2.75) is 12.7 Å². The molecule has 0 atom stereocenters. The SMILES string of the molecule is C#Cc1cccc(NC(=O)CNC(=NC)NCc2nc(C(F)(F)F)cs2)c1. The first-order valence-electron chi connectivity index (χ1n) is 7.64. The number of hydrogen-bond acceptors (Lipinski definition) is 4. The lowest BCUT2D eigenvalue weighted by Gasteiger charge is -2.11. The third kappa shape index (κ3) is 6.31. The minimum atomic E-state index is -4.47. The number of amides is 1. The van der Waals surface area contributed by atoms with Crippen LogP contribution in [0.4, 0.5) is 18.9 Å². The van der Waals surface area contributed by atoms with E-state index in [2.05, 4.69) is 31.8 Å². The van der Waals surface area contributed by atoms with E-state index in [1.165, 1.54) is 7.05 Å². The Morgan fingerprint density at radius 3 is 2.78 bits per heavy atom. The number of carbonyl (C=O) groups is 1. The maximum atomic E-state index is 12.5. The van der Waals surface area contributed by atoms with Crippen molar-refractivity contribution in [1.29, 1.82) is 0 Å². The summed E-state index contributed by atoms with van der Waals surface area (Å²) in [7, 11) is 1.48. The van der Waals surface area contributed by atoms with Gasteiger partial charge in [0.05, 0.1) is 13.1 Å². The Morgan fingerprint density at radius 2 is 2.15 bits per heavy atom. The molecule has 1 aromatic carbocycles. The van der Waals surface area contributed by atoms with Gasteiger partial charge in [-0.25, -0.2) is 4.98 Å². The van der Waals surface area contributed by atoms with Gasteiger partial charge in [-0.05, 0) is 18.2 Å². The number of aliphatic imine (C=N–C) groups is 1. The first-order valence-corrected chi connectivity index (χ1v) is 8.52. The van der Waals surface area contributed by atoms with Gasteiger partial charge in [0.25, 0.3) is 0 Å². The van der Waals surface area contributed by atoms with E-state index in [-0.39, 0.29) is 30.0 Å². The molecule has 27 heavy (non-hydrogen) atoms. The molecule has 6 nitrogen and oxygen atoms in total. The van der Waals surface area contributed by atoms with Gasteiger partial charge in [0.1, 0.15) is 5.01 Å². The van der Waals surface area contributed by atoms with Gasteiger partial charge < -0.3 is 16.0 Å². The zero-order valence-corrected chi connectivity index (χ0v) is 15.0. The van der Waals surface area contributed by atoms with Gasteiger partial charge in [0.2, 0.25) is 5.91 Å². The van der Waals surface area contributed by atoms with Gasteiger partial charge in [-0.1, -0.05) is 12.0 Å². The Labute approximate surface area is 157 Å². The lowest BCUT2D eigenvalue weighted by Crippen LogP contribution is -2.41. The summed E-state index contributed by atoms with van der Waals surface area (Å²) < 4.78 is 37.6. The highest BCUT2D eigenvalue weighted by Crippen LogP contribution is 2.29. The molecule has 0 aliphatic heterocycles. The minimum absolute atomic E-state index is 0.0479. The van der Waals surface area contributed by atoms with Crippen LogP contribution in [0.25, 0.3) is 0 Å². The monoisotopic (exact) mass is 395 g/mol. The molecule has 0 unspecified atom stereocenters. The Balaban J connectivity index is 1.82. The summed E-state index contributed by atoms with van der Waals surface area (Å²) in [6.07, 6.45) is 0.838. The molecule has 2 rings (SSSR count). The smallest absolute Gasteiger partial charge is 0.350 e. The zero-order chi connectivity index (χ0) is 19.9. The normalized spacial score (nSPS) is 11.6. The fraction of sp³-hybridized carbons (Fsp3) is 0.235. The number of aromatic nitrogens is 1. The summed E-state index contributed by atoms with van der Waals surface area (Å²) in [5.74, 6) is 2.40. The van der Waals surface area contributed by atoms with Crippen molar-refractivity contribution in [2.24, 2.45) is 4.99 Å². The van der Waals surface area contributed by atoms with Crippen LogP contribution >= 0.6 is 11.3 Å². The highest BCUT2D eigenvalue weighted by Gasteiger charge is 2.33. The molecule has 1 heterocycles. The van der Waals surface area contributed by atoms with Crippen LogP contribution in [-0.4, -0.2) is 30.4 Å². The molecule has 3 N–H and O–H groups in total. The molecule has 0 fully saturated rings. The number of halogens is 3. The number of rotatable bonds is 5. The van der Waals surface area contributed by atoms with E-state index < -0.39 is 11.9 Å². The summed E-state index contributed by atoms with van der Waals surface area (Å²) in [5, 5.41) is 9.44. The van der Waals surface area contributed by atoms with Gasteiger partial charge in [0.15, 0.2) is 11.7 Å². The molecule has 0 bridgehead atoms. The molecule has 0 aliphatic carbocycles. The summed E-state index contributed by atoms with van der Waals surface area (Å²) in [4.78, 5) is 19.4. The minimum Gasteiger partial charge on any atom is -0.350 e. The molecule has 10 heteroatoms. The number of hydrogen-bond donors (Lipinski definition) is 3. The molecule has 0 radical (unpaired) electrons. The largest absolute Gasteiger partial charge is 0.434 e. The highest BCUT2D eigenvalue weighted by molar-refractivity contribution is 7.09. The second-order valence-electron chi connectivity index (χ2n) is 5.18. The predicted molar refractivity (Wildman–Crippen MR) is 98.3 cm³/mol. The summed E-state index contributed by atoms with van der Waals surface area (Å²) in [6.45, 7) is -0.0438. The number of nitrogens with one attached hydrogen (secondary N) is 3. The second-order valence-corrected chi connectivity index (χ2v) is 6.12. The molecule has 2 aromatic rings. The Hall–Kier alpha value is -3.06. The van der Waals surface area contributed by atoms with E-state index in [0.717, 1.165) is 16.7 Å². The average molecular weight is 395 g/mol. The van der Waals surface area contributed by atoms with Crippen LogP contribution in [0, 0.1) is 12.3 Å². The van der Waals surface area contributed by atoms with Crippen LogP contribution in [-0.2, 0) is 17.5 Å². The summed E-state index contributed by atoms with van der Waals surface area (Å²) in [6, 6.07) is 6.82. The summed E-state index contributed by atoms with van der Waals surface area (Å²) >= 11 is 0.887. The van der Waals surface area contributed by atoms with Crippen molar-refractivity contribution < 1.29 is 18.0 Å². The molecule has 1 amide bonds. The van der Waals surface area contributed by atoms with E-state index in [4.69, 9.17) is 6.42 Å². The lowest BCUT2D eigenvalue weighted by molar-refractivity contribution is -0.140. The maximum Gasteiger partial charge on any atom is 0.434 e. The first kappa shape index (κ1) is 20.3. The second kappa shape index (κ2) is 9.05. The van der Waals surface area contributed by atoms with Crippen molar-refractivity contribution in [3.05, 3.63) is 45.9 Å². The van der Waals surface area contributed by atoms with E-state index in [1.807, 2.05) is 0 Å². The third-order valence-corrected chi connectivity index (χ3v) is 4.05. The van der Waals surface area contributed by atoms with E-state index >= 15 is 0 Å². The van der Waals surface area contributed by atoms with Crippen LogP contribution in [0.1, 0.15) is 16.3 Å². The number of alkyl halides is 3. The average Bonchev–Trinajstić information content (AvgIpc) is 3.11.